The molecule has 6 nitrogen and oxygen atoms in total. The number of pyridine rings is 1. The van der Waals surface area contributed by atoms with Gasteiger partial charge in [-0.3, -0.25) is 14.5 Å². The molecule has 0 amide bonds. The highest BCUT2D eigenvalue weighted by atomic mass is 16.5. The number of hydrogen-bond donors (Lipinski definition) is 0. The largest absolute Gasteiger partial charge is 0.461 e. The van der Waals surface area contributed by atoms with Gasteiger partial charge in [0.05, 0.1) is 6.54 Å². The molecule has 4 aliphatic carbocycles. The van der Waals surface area contributed by atoms with E-state index in [2.05, 4.69) is 28.6 Å². The fraction of sp³-hybridized carbons (Fsp3) is 0.700. The standard InChI is InChI=1S/C30H41N3O3/c1-29-12-10-22(34)19-21(29)6-7-23-24-8-9-26(30(24,2)13-11-25(23)29)36-28(35)20-32-15-17-33(18-16-32)27-5-3-4-14-31-27/h3-5,14,19,23-26H,6-13,15-18,20H2,1-2H3/t23-,24-,25+,26?,29-,30-/m0/s1. The Balaban J connectivity index is 1.06. The zero-order valence-electron chi connectivity index (χ0n) is 22.0. The van der Waals surface area contributed by atoms with Crippen LogP contribution in [0.2, 0.25) is 0 Å². The van der Waals surface area contributed by atoms with Gasteiger partial charge in [0.1, 0.15) is 11.9 Å². The number of nitrogens with zero attached hydrogens (tertiary/aromatic N) is 3. The third kappa shape index (κ3) is 4.09. The first-order valence-electron chi connectivity index (χ1n) is 14.2. The molecule has 3 saturated carbocycles. The van der Waals surface area contributed by atoms with Crippen molar-refractivity contribution in [3.05, 3.63) is 36.0 Å². The molecule has 2 heterocycles. The summed E-state index contributed by atoms with van der Waals surface area (Å²) >= 11 is 0. The van der Waals surface area contributed by atoms with E-state index in [1.807, 2.05) is 30.5 Å². The lowest BCUT2D eigenvalue weighted by atomic mass is 9.47. The lowest BCUT2D eigenvalue weighted by Crippen LogP contribution is -2.52. The minimum atomic E-state index is -0.0538. The lowest BCUT2D eigenvalue weighted by molar-refractivity contribution is -0.161. The topological polar surface area (TPSA) is 62.7 Å². The average Bonchev–Trinajstić information content (AvgIpc) is 3.21. The molecule has 0 bridgehead atoms. The molecule has 0 spiro atoms. The second-order valence-corrected chi connectivity index (χ2v) is 12.5. The Morgan fingerprint density at radius 1 is 1.03 bits per heavy atom. The molecule has 0 aromatic carbocycles. The quantitative estimate of drug-likeness (QED) is 0.572. The van der Waals surface area contributed by atoms with Crippen LogP contribution in [0.25, 0.3) is 0 Å². The van der Waals surface area contributed by atoms with Crippen molar-refractivity contribution < 1.29 is 14.3 Å². The molecule has 5 aliphatic rings. The summed E-state index contributed by atoms with van der Waals surface area (Å²) in [5, 5.41) is 0. The third-order valence-electron chi connectivity index (χ3n) is 10.8. The summed E-state index contributed by atoms with van der Waals surface area (Å²) in [4.78, 5) is 34.1. The second kappa shape index (κ2) is 9.27. The van der Waals surface area contributed by atoms with Crippen molar-refractivity contribution >= 4 is 17.6 Å². The summed E-state index contributed by atoms with van der Waals surface area (Å²) in [5.41, 5.74) is 1.72. The molecule has 1 saturated heterocycles. The number of fused-ring (bicyclic) bond motifs is 5. The zero-order chi connectivity index (χ0) is 24.9. The number of allylic oxidation sites excluding steroid dienone is 1. The Kier molecular flexibility index (Phi) is 6.22. The van der Waals surface area contributed by atoms with Gasteiger partial charge in [-0.05, 0) is 86.3 Å². The molecule has 1 aliphatic heterocycles. The minimum Gasteiger partial charge on any atom is -0.461 e. The van der Waals surface area contributed by atoms with Crippen LogP contribution in [0.5, 0.6) is 0 Å². The van der Waals surface area contributed by atoms with E-state index in [-0.39, 0.29) is 22.9 Å². The molecule has 6 heteroatoms. The van der Waals surface area contributed by atoms with E-state index in [1.54, 1.807) is 0 Å². The highest BCUT2D eigenvalue weighted by molar-refractivity contribution is 5.91. The first-order valence-corrected chi connectivity index (χ1v) is 14.2. The monoisotopic (exact) mass is 491 g/mol. The van der Waals surface area contributed by atoms with E-state index in [0.717, 1.165) is 57.7 Å². The molecule has 36 heavy (non-hydrogen) atoms. The highest BCUT2D eigenvalue weighted by Gasteiger charge is 2.60. The van der Waals surface area contributed by atoms with E-state index < -0.39 is 0 Å². The van der Waals surface area contributed by atoms with Crippen LogP contribution >= 0.6 is 0 Å². The normalized spacial score (nSPS) is 38.6. The molecule has 0 radical (unpaired) electrons. The van der Waals surface area contributed by atoms with E-state index in [9.17, 15) is 9.59 Å². The van der Waals surface area contributed by atoms with Crippen LogP contribution in [0.1, 0.15) is 65.2 Å². The molecule has 194 valence electrons. The SMILES string of the molecule is C[C@]12CCC(=O)C=C1CC[C@@H]1[C@H]2CC[C@]2(C)C(OC(=O)CN3CCN(c4ccccn4)CC3)CC[C@@H]12. The predicted octanol–water partition coefficient (Wildman–Crippen LogP) is 4.65. The molecular weight excluding hydrogens is 450 g/mol. The molecule has 1 unspecified atom stereocenters. The molecule has 1 aromatic heterocycles. The van der Waals surface area contributed by atoms with Gasteiger partial charge in [0.25, 0.3) is 0 Å². The van der Waals surface area contributed by atoms with Gasteiger partial charge in [0, 0.05) is 44.2 Å². The predicted molar refractivity (Wildman–Crippen MR) is 139 cm³/mol. The molecular formula is C30H41N3O3. The Morgan fingerprint density at radius 2 is 1.86 bits per heavy atom. The number of rotatable bonds is 4. The number of ether oxygens (including phenoxy) is 1. The minimum absolute atomic E-state index is 0.0448. The van der Waals surface area contributed by atoms with Crippen LogP contribution in [-0.2, 0) is 14.3 Å². The Labute approximate surface area is 215 Å². The van der Waals surface area contributed by atoms with Crippen molar-refractivity contribution in [2.75, 3.05) is 37.6 Å². The van der Waals surface area contributed by atoms with Gasteiger partial charge in [-0.1, -0.05) is 25.5 Å². The van der Waals surface area contributed by atoms with Gasteiger partial charge in [0.15, 0.2) is 5.78 Å². The summed E-state index contributed by atoms with van der Waals surface area (Å²) in [6, 6.07) is 6.01. The van der Waals surface area contributed by atoms with Gasteiger partial charge >= 0.3 is 5.97 Å². The number of piperazine rings is 1. The van der Waals surface area contributed by atoms with E-state index >= 15 is 0 Å². The maximum absolute atomic E-state index is 13.1. The van der Waals surface area contributed by atoms with Crippen LogP contribution in [0.15, 0.2) is 36.0 Å². The average molecular weight is 492 g/mol. The maximum Gasteiger partial charge on any atom is 0.320 e. The molecule has 1 aromatic rings. The van der Waals surface area contributed by atoms with Crippen LogP contribution < -0.4 is 4.90 Å². The van der Waals surface area contributed by atoms with Gasteiger partial charge in [-0.25, -0.2) is 4.98 Å². The van der Waals surface area contributed by atoms with Crippen LogP contribution in [-0.4, -0.2) is 60.5 Å². The number of aromatic nitrogens is 1. The summed E-state index contributed by atoms with van der Waals surface area (Å²) in [6.45, 7) is 8.72. The van der Waals surface area contributed by atoms with Crippen LogP contribution in [0.4, 0.5) is 5.82 Å². The van der Waals surface area contributed by atoms with Crippen molar-refractivity contribution in [1.29, 1.82) is 0 Å². The summed E-state index contributed by atoms with van der Waals surface area (Å²) in [5.74, 6) is 3.29. The van der Waals surface area contributed by atoms with Crippen molar-refractivity contribution in [1.82, 2.24) is 9.88 Å². The summed E-state index contributed by atoms with van der Waals surface area (Å²) in [6.07, 6.45) is 12.4. The first kappa shape index (κ1) is 24.1. The first-order chi connectivity index (χ1) is 17.4. The number of anilines is 1. The van der Waals surface area contributed by atoms with Gasteiger partial charge < -0.3 is 9.64 Å². The number of carbonyl (C=O) groups is 2. The summed E-state index contributed by atoms with van der Waals surface area (Å²) in [7, 11) is 0. The Morgan fingerprint density at radius 3 is 2.64 bits per heavy atom. The fourth-order valence-corrected chi connectivity index (χ4v) is 8.76. The second-order valence-electron chi connectivity index (χ2n) is 12.5. The number of carbonyl (C=O) groups excluding carboxylic acids is 2. The number of ketones is 1. The zero-order valence-corrected chi connectivity index (χ0v) is 22.0. The Hall–Kier alpha value is -2.21. The van der Waals surface area contributed by atoms with Gasteiger partial charge in [0.2, 0.25) is 0 Å². The van der Waals surface area contributed by atoms with Crippen molar-refractivity contribution in [2.45, 2.75) is 71.3 Å². The number of esters is 1. The third-order valence-corrected chi connectivity index (χ3v) is 10.8. The van der Waals surface area contributed by atoms with E-state index in [1.165, 1.54) is 24.8 Å². The van der Waals surface area contributed by atoms with Gasteiger partial charge in [-0.15, -0.1) is 0 Å². The van der Waals surface area contributed by atoms with Crippen molar-refractivity contribution in [3.63, 3.8) is 0 Å². The van der Waals surface area contributed by atoms with E-state index in [4.69, 9.17) is 4.74 Å². The smallest absolute Gasteiger partial charge is 0.320 e. The highest BCUT2D eigenvalue weighted by Crippen LogP contribution is 2.65. The van der Waals surface area contributed by atoms with E-state index in [0.29, 0.717) is 36.5 Å². The number of hydrogen-bond acceptors (Lipinski definition) is 6. The van der Waals surface area contributed by atoms with Crippen LogP contribution in [0.3, 0.4) is 0 Å². The van der Waals surface area contributed by atoms with Gasteiger partial charge in [-0.2, -0.15) is 0 Å². The Bertz CT molecular complexity index is 1030. The van der Waals surface area contributed by atoms with Crippen LogP contribution in [0, 0.1) is 28.6 Å². The fourth-order valence-electron chi connectivity index (χ4n) is 8.76. The molecule has 0 N–H and O–H groups in total. The molecule has 6 atom stereocenters. The molecule has 6 rings (SSSR count). The van der Waals surface area contributed by atoms with Crippen molar-refractivity contribution in [2.24, 2.45) is 28.6 Å². The lowest BCUT2D eigenvalue weighted by Gasteiger charge is -2.57. The van der Waals surface area contributed by atoms with Crippen molar-refractivity contribution in [3.8, 4) is 0 Å². The summed E-state index contributed by atoms with van der Waals surface area (Å²) < 4.78 is 6.26. The molecule has 4 fully saturated rings. The maximum atomic E-state index is 13.1.